The molecule has 7 nitrogen and oxygen atoms in total. The molecule has 0 saturated heterocycles. The summed E-state index contributed by atoms with van der Waals surface area (Å²) in [5.74, 6) is 0.286. The molecule has 0 atom stereocenters. The van der Waals surface area contributed by atoms with Crippen LogP contribution in [0.2, 0.25) is 0 Å². The Labute approximate surface area is 188 Å². The number of amides is 1. The van der Waals surface area contributed by atoms with Crippen LogP contribution >= 0.6 is 12.1 Å². The molecule has 0 unspecified atom stereocenters. The van der Waals surface area contributed by atoms with Crippen molar-refractivity contribution < 1.29 is 8.68 Å². The number of nitrogens with zero attached hydrogens (tertiary/aromatic N) is 5. The van der Waals surface area contributed by atoms with Gasteiger partial charge in [0, 0.05) is 30.6 Å². The third-order valence-electron chi connectivity index (χ3n) is 5.33. The minimum Gasteiger partial charge on any atom is -0.337 e. The summed E-state index contributed by atoms with van der Waals surface area (Å²) in [5, 5.41) is 0. The lowest BCUT2D eigenvalue weighted by Crippen LogP contribution is -2.36. The lowest BCUT2D eigenvalue weighted by atomic mass is 10.2. The average Bonchev–Trinajstić information content (AvgIpc) is 3.07. The van der Waals surface area contributed by atoms with Crippen molar-refractivity contribution in [3.63, 3.8) is 0 Å². The number of halogens is 1. The molecule has 0 aliphatic carbocycles. The number of aryl methyl sites for hydroxylation is 1. The first-order valence-corrected chi connectivity index (χ1v) is 10.9. The number of hydrogen-bond acceptors (Lipinski definition) is 5. The van der Waals surface area contributed by atoms with Gasteiger partial charge in [0.1, 0.15) is 12.1 Å². The van der Waals surface area contributed by atoms with Crippen LogP contribution in [0.1, 0.15) is 12.5 Å². The van der Waals surface area contributed by atoms with Crippen LogP contribution in [0, 0.1) is 0 Å². The Morgan fingerprint density at radius 3 is 2.50 bits per heavy atom. The van der Waals surface area contributed by atoms with Crippen molar-refractivity contribution in [3.8, 4) is 11.4 Å². The van der Waals surface area contributed by atoms with Crippen LogP contribution in [0.3, 0.4) is 0 Å². The Bertz CT molecular complexity index is 1300. The van der Waals surface area contributed by atoms with E-state index in [2.05, 4.69) is 9.97 Å². The number of aromatic nitrogens is 4. The van der Waals surface area contributed by atoms with Gasteiger partial charge in [-0.05, 0) is 24.6 Å². The normalized spacial score (nSPS) is 11.1. The number of carbonyl (C=O) groups excluding carboxylic acids is 1. The summed E-state index contributed by atoms with van der Waals surface area (Å²) in [6.45, 7) is 2.59. The van der Waals surface area contributed by atoms with E-state index >= 15 is 0 Å². The molecule has 0 fully saturated rings. The number of imidazole rings is 1. The first-order valence-electron chi connectivity index (χ1n) is 10.1. The molecule has 164 valence electrons. The lowest BCUT2D eigenvalue weighted by molar-refractivity contribution is -0.132. The van der Waals surface area contributed by atoms with Crippen LogP contribution < -0.4 is 5.69 Å². The molecule has 0 N–H and O–H groups in total. The fraction of sp³-hybridized carbons (Fsp3) is 0.217. The van der Waals surface area contributed by atoms with Gasteiger partial charge in [0.15, 0.2) is 11.5 Å². The van der Waals surface area contributed by atoms with Crippen molar-refractivity contribution in [2.75, 3.05) is 6.54 Å². The molecule has 2 heterocycles. The zero-order valence-electron chi connectivity index (χ0n) is 17.7. The summed E-state index contributed by atoms with van der Waals surface area (Å²) in [6, 6.07) is 16.4. The quantitative estimate of drug-likeness (QED) is 0.427. The molecular weight excluding hydrogens is 429 g/mol. The van der Waals surface area contributed by atoms with Gasteiger partial charge < -0.3 is 4.90 Å². The zero-order valence-corrected chi connectivity index (χ0v) is 18.6. The molecule has 4 rings (SSSR count). The fourth-order valence-corrected chi connectivity index (χ4v) is 3.76. The average molecular weight is 452 g/mol. The van der Waals surface area contributed by atoms with Crippen molar-refractivity contribution in [2.24, 2.45) is 7.05 Å². The maximum Gasteiger partial charge on any atom is 0.330 e. The smallest absolute Gasteiger partial charge is 0.330 e. The number of likely N-dealkylation sites (N-methyl/N-ethyl adjacent to an activating group) is 1. The summed E-state index contributed by atoms with van der Waals surface area (Å²) in [4.78, 5) is 37.1. The van der Waals surface area contributed by atoms with E-state index in [1.54, 1.807) is 42.4 Å². The summed E-state index contributed by atoms with van der Waals surface area (Å²) < 4.78 is 15.5. The molecule has 0 radical (unpaired) electrons. The predicted octanol–water partition coefficient (Wildman–Crippen LogP) is 3.82. The monoisotopic (exact) mass is 451 g/mol. The van der Waals surface area contributed by atoms with Crippen LogP contribution in [0.5, 0.6) is 0 Å². The van der Waals surface area contributed by atoms with E-state index < -0.39 is 0 Å². The van der Waals surface area contributed by atoms with Crippen molar-refractivity contribution in [3.05, 3.63) is 76.8 Å². The van der Waals surface area contributed by atoms with Gasteiger partial charge in [-0.3, -0.25) is 13.9 Å². The van der Waals surface area contributed by atoms with Gasteiger partial charge in [0.05, 0.1) is 18.3 Å². The third kappa shape index (κ3) is 4.29. The van der Waals surface area contributed by atoms with Crippen LogP contribution in [0.25, 0.3) is 22.6 Å². The highest BCUT2D eigenvalue weighted by Crippen LogP contribution is 2.20. The van der Waals surface area contributed by atoms with E-state index in [0.29, 0.717) is 35.0 Å². The van der Waals surface area contributed by atoms with Gasteiger partial charge in [-0.15, -0.1) is 0 Å². The summed E-state index contributed by atoms with van der Waals surface area (Å²) in [5.41, 5.74) is 2.36. The molecule has 0 bridgehead atoms. The molecule has 2 aromatic carbocycles. The predicted molar refractivity (Wildman–Crippen MR) is 123 cm³/mol. The number of carbonyl (C=O) groups is 1. The Balaban J connectivity index is 1.63. The van der Waals surface area contributed by atoms with E-state index in [1.165, 1.54) is 9.13 Å². The molecule has 32 heavy (non-hydrogen) atoms. The molecule has 0 aliphatic rings. The Morgan fingerprint density at radius 1 is 1.12 bits per heavy atom. The molecule has 0 aliphatic heterocycles. The highest BCUT2D eigenvalue weighted by Gasteiger charge is 2.19. The summed E-state index contributed by atoms with van der Waals surface area (Å²) in [7, 11) is 1.64. The van der Waals surface area contributed by atoms with Crippen LogP contribution in [-0.4, -0.2) is 36.5 Å². The maximum absolute atomic E-state index is 13.1. The molecular formula is C23H22FN5O2S. The van der Waals surface area contributed by atoms with Gasteiger partial charge >= 0.3 is 5.69 Å². The molecule has 0 saturated carbocycles. The molecule has 0 spiro atoms. The highest BCUT2D eigenvalue weighted by atomic mass is 32.2. The summed E-state index contributed by atoms with van der Waals surface area (Å²) >= 11 is 0.182. The second kappa shape index (κ2) is 9.35. The first-order chi connectivity index (χ1) is 15.5. The van der Waals surface area contributed by atoms with Crippen molar-refractivity contribution in [2.45, 2.75) is 24.9 Å². The van der Waals surface area contributed by atoms with E-state index in [4.69, 9.17) is 0 Å². The molecule has 4 aromatic rings. The van der Waals surface area contributed by atoms with Crippen LogP contribution in [0.15, 0.2) is 70.5 Å². The van der Waals surface area contributed by atoms with Crippen molar-refractivity contribution in [1.29, 1.82) is 0 Å². The van der Waals surface area contributed by atoms with E-state index in [9.17, 15) is 13.5 Å². The molecule has 1 amide bonds. The van der Waals surface area contributed by atoms with Gasteiger partial charge in [-0.25, -0.2) is 14.8 Å². The van der Waals surface area contributed by atoms with E-state index in [-0.39, 0.29) is 30.3 Å². The summed E-state index contributed by atoms with van der Waals surface area (Å²) in [6.07, 6.45) is 1.61. The van der Waals surface area contributed by atoms with Crippen molar-refractivity contribution in [1.82, 2.24) is 24.0 Å². The SMILES string of the molecule is CCN(Cc1ccc(SF)cc1)C(=O)Cn1c(=O)n(C)c2cnc(-c3ccccc3)nc21. The van der Waals surface area contributed by atoms with Gasteiger partial charge in [-0.1, -0.05) is 42.5 Å². The number of benzene rings is 2. The highest BCUT2D eigenvalue weighted by molar-refractivity contribution is 7.94. The van der Waals surface area contributed by atoms with Crippen molar-refractivity contribution >= 4 is 29.2 Å². The third-order valence-corrected chi connectivity index (χ3v) is 5.78. The van der Waals surface area contributed by atoms with E-state index in [0.717, 1.165) is 11.1 Å². The second-order valence-electron chi connectivity index (χ2n) is 7.33. The van der Waals surface area contributed by atoms with Gasteiger partial charge in [0.25, 0.3) is 0 Å². The largest absolute Gasteiger partial charge is 0.337 e. The van der Waals surface area contributed by atoms with Gasteiger partial charge in [0.2, 0.25) is 5.91 Å². The standard InChI is InChI=1S/C23H22FN5O2S/c1-3-28(14-16-9-11-18(32-24)12-10-16)20(30)15-29-22-19(27(2)23(29)31)13-25-21(26-22)17-7-5-4-6-8-17/h4-13H,3,14-15H2,1-2H3. The van der Waals surface area contributed by atoms with Crippen LogP contribution in [0.4, 0.5) is 3.89 Å². The maximum atomic E-state index is 13.1. The minimum absolute atomic E-state index is 0.131. The second-order valence-corrected chi connectivity index (χ2v) is 7.95. The fourth-order valence-electron chi connectivity index (χ4n) is 3.52. The van der Waals surface area contributed by atoms with Gasteiger partial charge in [-0.2, -0.15) is 3.89 Å². The van der Waals surface area contributed by atoms with E-state index in [1.807, 2.05) is 37.3 Å². The molecule has 9 heteroatoms. The molecule has 2 aromatic heterocycles. The topological polar surface area (TPSA) is 73.0 Å². The number of hydrogen-bond donors (Lipinski definition) is 0. The Hall–Kier alpha value is -3.46. The number of rotatable bonds is 7. The lowest BCUT2D eigenvalue weighted by Gasteiger charge is -2.21. The Morgan fingerprint density at radius 2 is 1.84 bits per heavy atom. The Kier molecular flexibility index (Phi) is 6.36. The first kappa shape index (κ1) is 21.8. The zero-order chi connectivity index (χ0) is 22.7. The minimum atomic E-state index is -0.326. The van der Waals surface area contributed by atoms with Crippen LogP contribution in [-0.2, 0) is 24.9 Å². The number of fused-ring (bicyclic) bond motifs is 1.